The first kappa shape index (κ1) is 21.0. The number of benzene rings is 2. The van der Waals surface area contributed by atoms with Crippen molar-refractivity contribution in [2.75, 3.05) is 38.5 Å². The Morgan fingerprint density at radius 2 is 1.84 bits per heavy atom. The Hall–Kier alpha value is -2.91. The summed E-state index contributed by atoms with van der Waals surface area (Å²) in [5.74, 6) is 1.42. The number of carbonyl (C=O) groups excluding carboxylic acids is 2. The van der Waals surface area contributed by atoms with Crippen molar-refractivity contribution < 1.29 is 19.1 Å². The molecule has 2 aliphatic heterocycles. The average molecular weight is 473 g/mol. The number of hydrogen-bond acceptors (Lipinski definition) is 6. The molecule has 1 atom stereocenters. The highest BCUT2D eigenvalue weighted by molar-refractivity contribution is 7.99. The molecule has 2 aromatic carbocycles. The van der Waals surface area contributed by atoms with Crippen LogP contribution >= 0.6 is 23.4 Å². The molecular formula is C22H21ClN4O4S. The second-order valence-corrected chi connectivity index (χ2v) is 8.96. The molecule has 8 nitrogen and oxygen atoms in total. The molecule has 3 heterocycles. The number of piperazine rings is 1. The number of nitrogens with one attached hydrogen (secondary N) is 1. The summed E-state index contributed by atoms with van der Waals surface area (Å²) < 4.78 is 11.5. The fraction of sp³-hybridized carbons (Fsp3) is 0.318. The second-order valence-electron chi connectivity index (χ2n) is 7.56. The van der Waals surface area contributed by atoms with Crippen molar-refractivity contribution in [3.8, 4) is 11.5 Å². The summed E-state index contributed by atoms with van der Waals surface area (Å²) in [6.07, 6.45) is -0.663. The lowest BCUT2D eigenvalue weighted by Gasteiger charge is -2.37. The Morgan fingerprint density at radius 3 is 2.66 bits per heavy atom. The number of carbonyl (C=O) groups is 2. The van der Waals surface area contributed by atoms with E-state index in [1.54, 1.807) is 21.9 Å². The summed E-state index contributed by atoms with van der Waals surface area (Å²) in [7, 11) is 0. The maximum Gasteiger partial charge on any atom is 0.267 e. The first-order chi connectivity index (χ1) is 15.6. The SMILES string of the molecule is O=C(CSc1nc2ccc(Cl)cc2[nH]1)N1CCN(C(=O)C2COc3ccccc3O2)CC1. The van der Waals surface area contributed by atoms with Gasteiger partial charge in [-0.2, -0.15) is 0 Å². The number of rotatable bonds is 4. The van der Waals surface area contributed by atoms with Gasteiger partial charge in [-0.1, -0.05) is 35.5 Å². The predicted molar refractivity (Wildman–Crippen MR) is 121 cm³/mol. The van der Waals surface area contributed by atoms with Gasteiger partial charge < -0.3 is 24.3 Å². The molecule has 2 aliphatic rings. The lowest BCUT2D eigenvalue weighted by Crippen LogP contribution is -2.55. The number of para-hydroxylation sites is 2. The van der Waals surface area contributed by atoms with Gasteiger partial charge in [0.2, 0.25) is 12.0 Å². The third-order valence-corrected chi connectivity index (χ3v) is 6.58. The van der Waals surface area contributed by atoms with Crippen LogP contribution in [-0.2, 0) is 9.59 Å². The number of amides is 2. The molecule has 1 unspecified atom stereocenters. The number of aromatic amines is 1. The van der Waals surface area contributed by atoms with Crippen molar-refractivity contribution in [1.29, 1.82) is 0 Å². The lowest BCUT2D eigenvalue weighted by atomic mass is 10.2. The van der Waals surface area contributed by atoms with E-state index in [0.29, 0.717) is 47.9 Å². The number of H-pyrrole nitrogens is 1. The highest BCUT2D eigenvalue weighted by Gasteiger charge is 2.33. The maximum absolute atomic E-state index is 12.9. The first-order valence-electron chi connectivity index (χ1n) is 10.3. The number of ether oxygens (including phenoxy) is 2. The van der Waals surface area contributed by atoms with Gasteiger partial charge in [0, 0.05) is 31.2 Å². The molecule has 166 valence electrons. The maximum atomic E-state index is 12.9. The minimum absolute atomic E-state index is 0.0202. The van der Waals surface area contributed by atoms with Gasteiger partial charge in [-0.05, 0) is 30.3 Å². The molecule has 1 N–H and O–H groups in total. The molecule has 3 aromatic rings. The average Bonchev–Trinajstić information content (AvgIpc) is 3.24. The van der Waals surface area contributed by atoms with Crippen LogP contribution in [-0.4, -0.2) is 76.2 Å². The molecule has 1 saturated heterocycles. The fourth-order valence-electron chi connectivity index (χ4n) is 3.77. The zero-order chi connectivity index (χ0) is 22.1. The van der Waals surface area contributed by atoms with E-state index in [1.165, 1.54) is 11.8 Å². The Bertz CT molecular complexity index is 1160. The van der Waals surface area contributed by atoms with Crippen LogP contribution in [0.15, 0.2) is 47.6 Å². The number of thioether (sulfide) groups is 1. The smallest absolute Gasteiger partial charge is 0.267 e. The molecule has 1 aromatic heterocycles. The molecule has 0 bridgehead atoms. The molecule has 32 heavy (non-hydrogen) atoms. The zero-order valence-electron chi connectivity index (χ0n) is 17.1. The van der Waals surface area contributed by atoms with Crippen LogP contribution in [0.4, 0.5) is 0 Å². The largest absolute Gasteiger partial charge is 0.485 e. The van der Waals surface area contributed by atoms with Gasteiger partial charge in [-0.3, -0.25) is 9.59 Å². The van der Waals surface area contributed by atoms with Gasteiger partial charge in [0.05, 0.1) is 16.8 Å². The van der Waals surface area contributed by atoms with Crippen LogP contribution in [0.3, 0.4) is 0 Å². The summed E-state index contributed by atoms with van der Waals surface area (Å²) >= 11 is 7.36. The van der Waals surface area contributed by atoms with Crippen molar-refractivity contribution >= 4 is 46.2 Å². The van der Waals surface area contributed by atoms with E-state index < -0.39 is 6.10 Å². The number of imidazole rings is 1. The van der Waals surface area contributed by atoms with E-state index >= 15 is 0 Å². The molecular weight excluding hydrogens is 452 g/mol. The van der Waals surface area contributed by atoms with Crippen LogP contribution in [0.25, 0.3) is 11.0 Å². The minimum Gasteiger partial charge on any atom is -0.485 e. The summed E-state index contributed by atoms with van der Waals surface area (Å²) in [6, 6.07) is 12.8. The molecule has 0 spiro atoms. The number of fused-ring (bicyclic) bond motifs is 2. The molecule has 2 amide bonds. The van der Waals surface area contributed by atoms with Gasteiger partial charge >= 0.3 is 0 Å². The van der Waals surface area contributed by atoms with Crippen LogP contribution in [0, 0.1) is 0 Å². The van der Waals surface area contributed by atoms with Gasteiger partial charge in [-0.15, -0.1) is 0 Å². The molecule has 0 aliphatic carbocycles. The number of nitrogens with zero attached hydrogens (tertiary/aromatic N) is 3. The predicted octanol–water partition coefficient (Wildman–Crippen LogP) is 2.82. The molecule has 1 fully saturated rings. The van der Waals surface area contributed by atoms with E-state index in [9.17, 15) is 9.59 Å². The van der Waals surface area contributed by atoms with Crippen molar-refractivity contribution in [1.82, 2.24) is 19.8 Å². The first-order valence-corrected chi connectivity index (χ1v) is 11.7. The van der Waals surface area contributed by atoms with Gasteiger partial charge in [0.15, 0.2) is 16.7 Å². The monoisotopic (exact) mass is 472 g/mol. The fourth-order valence-corrected chi connectivity index (χ4v) is 4.73. The highest BCUT2D eigenvalue weighted by atomic mass is 35.5. The molecule has 0 saturated carbocycles. The van der Waals surface area contributed by atoms with Crippen molar-refractivity contribution in [3.63, 3.8) is 0 Å². The van der Waals surface area contributed by atoms with E-state index in [0.717, 1.165) is 11.0 Å². The second kappa shape index (κ2) is 8.91. The van der Waals surface area contributed by atoms with E-state index in [-0.39, 0.29) is 24.2 Å². The van der Waals surface area contributed by atoms with Crippen LogP contribution in [0.5, 0.6) is 11.5 Å². The third kappa shape index (κ3) is 4.35. The van der Waals surface area contributed by atoms with Crippen LogP contribution in [0.1, 0.15) is 0 Å². The van der Waals surface area contributed by atoms with Crippen molar-refractivity contribution in [2.45, 2.75) is 11.3 Å². The van der Waals surface area contributed by atoms with Crippen molar-refractivity contribution in [2.24, 2.45) is 0 Å². The van der Waals surface area contributed by atoms with E-state index in [4.69, 9.17) is 21.1 Å². The summed E-state index contributed by atoms with van der Waals surface area (Å²) in [4.78, 5) is 36.7. The Morgan fingerprint density at radius 1 is 1.09 bits per heavy atom. The van der Waals surface area contributed by atoms with Crippen LogP contribution < -0.4 is 9.47 Å². The summed E-state index contributed by atoms with van der Waals surface area (Å²) in [6.45, 7) is 2.12. The van der Waals surface area contributed by atoms with Crippen LogP contribution in [0.2, 0.25) is 5.02 Å². The number of hydrogen-bond donors (Lipinski definition) is 1. The molecule has 5 rings (SSSR count). The zero-order valence-corrected chi connectivity index (χ0v) is 18.7. The Kier molecular flexibility index (Phi) is 5.84. The number of aromatic nitrogens is 2. The quantitative estimate of drug-likeness (QED) is 0.587. The molecule has 10 heteroatoms. The minimum atomic E-state index is -0.663. The summed E-state index contributed by atoms with van der Waals surface area (Å²) in [5.41, 5.74) is 1.66. The number of halogens is 1. The van der Waals surface area contributed by atoms with Gasteiger partial charge in [-0.25, -0.2) is 4.98 Å². The van der Waals surface area contributed by atoms with Crippen molar-refractivity contribution in [3.05, 3.63) is 47.5 Å². The van der Waals surface area contributed by atoms with Gasteiger partial charge in [0.25, 0.3) is 5.91 Å². The van der Waals surface area contributed by atoms with E-state index in [2.05, 4.69) is 9.97 Å². The normalized spacial score (nSPS) is 18.1. The van der Waals surface area contributed by atoms with E-state index in [1.807, 2.05) is 30.3 Å². The highest BCUT2D eigenvalue weighted by Crippen LogP contribution is 2.31. The topological polar surface area (TPSA) is 87.8 Å². The molecule has 0 radical (unpaired) electrons. The standard InChI is InChI=1S/C22H21ClN4O4S/c23-14-5-6-15-16(11-14)25-22(24-15)32-13-20(28)26-7-9-27(10-8-26)21(29)19-12-30-17-3-1-2-4-18(17)31-19/h1-6,11,19H,7-10,12-13H2,(H,24,25). The Labute approximate surface area is 193 Å². The lowest BCUT2D eigenvalue weighted by molar-refractivity contribution is -0.145. The Balaban J connectivity index is 1.11. The summed E-state index contributed by atoms with van der Waals surface area (Å²) in [5, 5.41) is 1.31. The van der Waals surface area contributed by atoms with Gasteiger partial charge in [0.1, 0.15) is 6.61 Å². The third-order valence-electron chi connectivity index (χ3n) is 5.48.